The largest absolute Gasteiger partial charge is 0.445 e. The van der Waals surface area contributed by atoms with Crippen LogP contribution in [0.3, 0.4) is 0 Å². The Labute approximate surface area is 265 Å². The first-order valence-electron chi connectivity index (χ1n) is 14.5. The van der Waals surface area contributed by atoms with Gasteiger partial charge in [0.25, 0.3) is 0 Å². The van der Waals surface area contributed by atoms with Gasteiger partial charge in [-0.3, -0.25) is 18.9 Å². The number of alkyl carbamates (subject to hydrolysis) is 1. The van der Waals surface area contributed by atoms with Crippen LogP contribution in [0.25, 0.3) is 10.8 Å². The Morgan fingerprint density at radius 1 is 1.00 bits per heavy atom. The van der Waals surface area contributed by atoms with E-state index in [9.17, 15) is 33.5 Å². The molecule has 14 heteroatoms. The number of fused-ring (bicyclic) bond motifs is 1. The molecule has 6 N–H and O–H groups in total. The van der Waals surface area contributed by atoms with Gasteiger partial charge in [0.05, 0.1) is 11.4 Å². The summed E-state index contributed by atoms with van der Waals surface area (Å²) in [5, 5.41) is 7.23. The van der Waals surface area contributed by atoms with Gasteiger partial charge in [0.1, 0.15) is 18.7 Å². The van der Waals surface area contributed by atoms with Gasteiger partial charge < -0.3 is 35.8 Å². The van der Waals surface area contributed by atoms with E-state index in [1.165, 1.54) is 4.90 Å². The van der Waals surface area contributed by atoms with Gasteiger partial charge >= 0.3 is 13.7 Å². The summed E-state index contributed by atoms with van der Waals surface area (Å²) in [5.41, 5.74) is 6.55. The molecule has 3 atom stereocenters. The highest BCUT2D eigenvalue weighted by atomic mass is 32.2. The number of primary amides is 1. The lowest BCUT2D eigenvalue weighted by atomic mass is 9.95. The zero-order valence-corrected chi connectivity index (χ0v) is 26.3. The quantitative estimate of drug-likeness (QED) is 0.172. The summed E-state index contributed by atoms with van der Waals surface area (Å²) in [4.78, 5) is 72.2. The molecule has 1 heterocycles. The molecular formula is C31H37N4O8PS. The Balaban J connectivity index is 1.44. The number of nitrogens with two attached hydrogens (primary N) is 1. The zero-order chi connectivity index (χ0) is 32.4. The van der Waals surface area contributed by atoms with E-state index in [0.717, 1.165) is 28.1 Å². The molecular weight excluding hydrogens is 619 g/mol. The second-order valence-corrected chi connectivity index (χ2v) is 13.9. The van der Waals surface area contributed by atoms with Crippen LogP contribution < -0.4 is 16.4 Å². The summed E-state index contributed by atoms with van der Waals surface area (Å²) in [7, 11) is -4.37. The van der Waals surface area contributed by atoms with Crippen LogP contribution >= 0.6 is 19.4 Å². The molecule has 3 aromatic carbocycles. The van der Waals surface area contributed by atoms with Gasteiger partial charge in [-0.25, -0.2) is 4.79 Å². The van der Waals surface area contributed by atoms with Gasteiger partial charge in [0.2, 0.25) is 17.7 Å². The highest BCUT2D eigenvalue weighted by Gasteiger charge is 2.37. The Morgan fingerprint density at radius 3 is 2.42 bits per heavy atom. The summed E-state index contributed by atoms with van der Waals surface area (Å²) in [5.74, 6) is -2.61. The molecule has 0 aliphatic carbocycles. The molecule has 1 aliphatic rings. The van der Waals surface area contributed by atoms with Crippen molar-refractivity contribution in [2.24, 2.45) is 5.73 Å². The fourth-order valence-corrected chi connectivity index (χ4v) is 7.00. The van der Waals surface area contributed by atoms with Crippen molar-refractivity contribution in [1.82, 2.24) is 15.5 Å². The number of ether oxygens (including phenoxy) is 1. The average Bonchev–Trinajstić information content (AvgIpc) is 3.02. The van der Waals surface area contributed by atoms with Gasteiger partial charge in [-0.2, -0.15) is 0 Å². The summed E-state index contributed by atoms with van der Waals surface area (Å²) in [6, 6.07) is 20.0. The number of thioether (sulfide) groups is 1. The van der Waals surface area contributed by atoms with Crippen molar-refractivity contribution < 1.29 is 38.3 Å². The third kappa shape index (κ3) is 10.1. The Kier molecular flexibility index (Phi) is 12.0. The molecule has 3 aromatic rings. The van der Waals surface area contributed by atoms with E-state index >= 15 is 0 Å². The van der Waals surface area contributed by atoms with Crippen LogP contribution in [0, 0.1) is 0 Å². The molecule has 12 nitrogen and oxygen atoms in total. The maximum atomic E-state index is 13.8. The molecule has 4 amide bonds. The SMILES string of the molecule is NC(=O)C(CNC(=O)C1CCCCN1C(=O)C(CSCP(=O)(O)O)NC(=O)OCc1ccccc1)c1ccc2ccccc2c1. The van der Waals surface area contributed by atoms with Crippen LogP contribution in [0.4, 0.5) is 4.79 Å². The smallest absolute Gasteiger partial charge is 0.408 e. The number of carbonyl (C=O) groups excluding carboxylic acids is 4. The fourth-order valence-electron chi connectivity index (χ4n) is 5.17. The number of likely N-dealkylation sites (tertiary alicyclic amines) is 1. The molecule has 0 radical (unpaired) electrons. The van der Waals surface area contributed by atoms with Crippen LogP contribution in [0.15, 0.2) is 72.8 Å². The maximum Gasteiger partial charge on any atom is 0.408 e. The second-order valence-electron chi connectivity index (χ2n) is 10.8. The number of carbonyl (C=O) groups is 4. The molecule has 3 unspecified atom stereocenters. The van der Waals surface area contributed by atoms with Gasteiger partial charge in [-0.1, -0.05) is 72.8 Å². The number of hydrogen-bond donors (Lipinski definition) is 5. The number of hydrogen-bond acceptors (Lipinski definition) is 7. The van der Waals surface area contributed by atoms with Crippen molar-refractivity contribution in [2.75, 3.05) is 24.3 Å². The zero-order valence-electron chi connectivity index (χ0n) is 24.5. The topological polar surface area (TPSA) is 188 Å². The first kappa shape index (κ1) is 34.0. The van der Waals surface area contributed by atoms with Crippen molar-refractivity contribution in [2.45, 2.75) is 43.9 Å². The van der Waals surface area contributed by atoms with Gasteiger partial charge in [-0.15, -0.1) is 11.8 Å². The molecule has 1 fully saturated rings. The molecule has 0 saturated carbocycles. The second kappa shape index (κ2) is 15.9. The molecule has 0 spiro atoms. The number of piperidine rings is 1. The van der Waals surface area contributed by atoms with E-state index < -0.39 is 54.9 Å². The van der Waals surface area contributed by atoms with Crippen molar-refractivity contribution in [3.05, 3.63) is 83.9 Å². The van der Waals surface area contributed by atoms with Crippen LogP contribution in [0.2, 0.25) is 0 Å². The van der Waals surface area contributed by atoms with Crippen molar-refractivity contribution in [3.63, 3.8) is 0 Å². The molecule has 240 valence electrons. The monoisotopic (exact) mass is 656 g/mol. The summed E-state index contributed by atoms with van der Waals surface area (Å²) in [6.45, 7) is 0.119. The number of rotatable bonds is 13. The normalized spacial score (nSPS) is 16.4. The van der Waals surface area contributed by atoms with Gasteiger partial charge in [0.15, 0.2) is 0 Å². The molecule has 0 aromatic heterocycles. The van der Waals surface area contributed by atoms with E-state index in [-0.39, 0.29) is 25.4 Å². The lowest BCUT2D eigenvalue weighted by Gasteiger charge is -2.37. The average molecular weight is 657 g/mol. The van der Waals surface area contributed by atoms with Gasteiger partial charge in [-0.05, 0) is 41.2 Å². The number of benzene rings is 3. The number of nitrogens with zero attached hydrogens (tertiary/aromatic N) is 1. The van der Waals surface area contributed by atoms with Crippen LogP contribution in [0.1, 0.15) is 36.3 Å². The Morgan fingerprint density at radius 2 is 1.71 bits per heavy atom. The summed E-state index contributed by atoms with van der Waals surface area (Å²) in [6.07, 6.45) is 0.773. The standard InChI is InChI=1S/C31H37N4O8PS/c32-28(36)25(24-14-13-22-10-4-5-11-23(22)16-24)17-33-29(37)27-12-6-7-15-35(27)30(38)26(19-45-20-44(40,41)42)34-31(39)43-18-21-8-2-1-3-9-21/h1-5,8-11,13-14,16,25-27H,6-7,12,15,17-20H2,(H2,32,36)(H,33,37)(H,34,39)(H2,40,41,42). The minimum absolute atomic E-state index is 0.0454. The lowest BCUT2D eigenvalue weighted by Crippen LogP contribution is -2.58. The Bertz CT molecular complexity index is 1550. The fraction of sp³-hybridized carbons (Fsp3) is 0.355. The lowest BCUT2D eigenvalue weighted by molar-refractivity contribution is -0.143. The third-order valence-corrected chi connectivity index (χ3v) is 10.1. The first-order chi connectivity index (χ1) is 21.5. The molecule has 0 bridgehead atoms. The number of amides is 4. The highest BCUT2D eigenvalue weighted by molar-refractivity contribution is 8.04. The van der Waals surface area contributed by atoms with E-state index in [2.05, 4.69) is 10.6 Å². The van der Waals surface area contributed by atoms with E-state index in [1.807, 2.05) is 42.5 Å². The number of nitrogens with one attached hydrogen (secondary N) is 2. The highest BCUT2D eigenvalue weighted by Crippen LogP contribution is 2.38. The van der Waals surface area contributed by atoms with Crippen LogP contribution in [-0.4, -0.2) is 74.9 Å². The van der Waals surface area contributed by atoms with E-state index in [0.29, 0.717) is 24.8 Å². The van der Waals surface area contributed by atoms with Gasteiger partial charge in [0, 0.05) is 18.8 Å². The van der Waals surface area contributed by atoms with Crippen molar-refractivity contribution in [3.8, 4) is 0 Å². The molecule has 1 aliphatic heterocycles. The summed E-state index contributed by atoms with van der Waals surface area (Å²) >= 11 is 0.810. The first-order valence-corrected chi connectivity index (χ1v) is 17.4. The molecule has 4 rings (SSSR count). The maximum absolute atomic E-state index is 13.8. The third-order valence-electron chi connectivity index (χ3n) is 7.44. The minimum atomic E-state index is -4.37. The molecule has 45 heavy (non-hydrogen) atoms. The predicted molar refractivity (Wildman–Crippen MR) is 171 cm³/mol. The predicted octanol–water partition coefficient (Wildman–Crippen LogP) is 3.07. The van der Waals surface area contributed by atoms with Crippen molar-refractivity contribution in [1.29, 1.82) is 0 Å². The minimum Gasteiger partial charge on any atom is -0.445 e. The van der Waals surface area contributed by atoms with Crippen LogP contribution in [0.5, 0.6) is 0 Å². The molecule has 1 saturated heterocycles. The van der Waals surface area contributed by atoms with E-state index in [1.54, 1.807) is 30.3 Å². The van der Waals surface area contributed by atoms with Crippen LogP contribution in [-0.2, 0) is 30.3 Å². The van der Waals surface area contributed by atoms with E-state index in [4.69, 9.17) is 10.5 Å². The summed E-state index contributed by atoms with van der Waals surface area (Å²) < 4.78 is 16.7. The van der Waals surface area contributed by atoms with Crippen molar-refractivity contribution >= 4 is 53.9 Å². The Hall–Kier alpha value is -3.90.